The van der Waals surface area contributed by atoms with Gasteiger partial charge in [-0.3, -0.25) is 0 Å². The van der Waals surface area contributed by atoms with Gasteiger partial charge in [0.1, 0.15) is 5.82 Å². The summed E-state index contributed by atoms with van der Waals surface area (Å²) in [7, 11) is 0. The number of aromatic nitrogens is 2. The van der Waals surface area contributed by atoms with E-state index in [2.05, 4.69) is 41.9 Å². The van der Waals surface area contributed by atoms with Crippen LogP contribution < -0.4 is 5.32 Å². The fraction of sp³-hybridized carbons (Fsp3) is 0.720. The molecule has 0 aliphatic heterocycles. The molecule has 0 saturated heterocycles. The van der Waals surface area contributed by atoms with E-state index in [1.165, 1.54) is 55.4 Å². The number of hydrogen-bond acceptors (Lipinski definition) is 3. The molecule has 0 bridgehead atoms. The van der Waals surface area contributed by atoms with Crippen molar-refractivity contribution in [2.75, 3.05) is 6.61 Å². The van der Waals surface area contributed by atoms with Gasteiger partial charge in [-0.15, -0.1) is 0 Å². The molecule has 2 aliphatic rings. The Bertz CT molecular complexity index is 796. The Morgan fingerprint density at radius 3 is 2.52 bits per heavy atom. The van der Waals surface area contributed by atoms with Crippen molar-refractivity contribution in [3.63, 3.8) is 0 Å². The van der Waals surface area contributed by atoms with E-state index < -0.39 is 0 Å². The van der Waals surface area contributed by atoms with Crippen molar-refractivity contribution >= 4 is 11.0 Å². The number of imidazole rings is 1. The summed E-state index contributed by atoms with van der Waals surface area (Å²) in [5, 5.41) is 13.5. The maximum absolute atomic E-state index is 9.88. The molecular formula is C25H39N3O. The van der Waals surface area contributed by atoms with Crippen LogP contribution in [0.25, 0.3) is 11.0 Å². The Hall–Kier alpha value is -1.39. The maximum Gasteiger partial charge on any atom is 0.110 e. The molecule has 0 spiro atoms. The smallest absolute Gasteiger partial charge is 0.110 e. The van der Waals surface area contributed by atoms with Crippen molar-refractivity contribution in [3.05, 3.63) is 29.6 Å². The van der Waals surface area contributed by atoms with Gasteiger partial charge in [0, 0.05) is 24.5 Å². The highest BCUT2D eigenvalue weighted by molar-refractivity contribution is 5.77. The van der Waals surface area contributed by atoms with Crippen LogP contribution >= 0.6 is 0 Å². The molecule has 0 radical (unpaired) electrons. The van der Waals surface area contributed by atoms with Crippen LogP contribution in [0, 0.1) is 5.92 Å². The number of hydrogen-bond donors (Lipinski definition) is 2. The molecule has 1 heterocycles. The van der Waals surface area contributed by atoms with Crippen LogP contribution in [0.1, 0.15) is 95.5 Å². The van der Waals surface area contributed by atoms with E-state index >= 15 is 0 Å². The van der Waals surface area contributed by atoms with Gasteiger partial charge in [0.25, 0.3) is 0 Å². The minimum absolute atomic E-state index is 0.0720. The zero-order valence-corrected chi connectivity index (χ0v) is 18.4. The predicted octanol–water partition coefficient (Wildman–Crippen LogP) is 5.52. The van der Waals surface area contributed by atoms with Crippen molar-refractivity contribution in [1.29, 1.82) is 0 Å². The second kappa shape index (κ2) is 9.18. The number of nitrogens with one attached hydrogen (secondary N) is 1. The lowest BCUT2D eigenvalue weighted by molar-refractivity contribution is 0.163. The quantitative estimate of drug-likeness (QED) is 0.585. The molecule has 0 unspecified atom stereocenters. The Kier molecular flexibility index (Phi) is 6.60. The number of benzene rings is 1. The second-order valence-corrected chi connectivity index (χ2v) is 9.55. The number of rotatable bonds is 9. The SMILES string of the molecule is CCC(CC)n1c(CC2CCCC2)nc2cc(CNC3(CO)CCCC3)ccc21. The van der Waals surface area contributed by atoms with Crippen LogP contribution in [0.2, 0.25) is 0 Å². The summed E-state index contributed by atoms with van der Waals surface area (Å²) in [6, 6.07) is 7.36. The van der Waals surface area contributed by atoms with Gasteiger partial charge in [0.05, 0.1) is 17.6 Å². The summed E-state index contributed by atoms with van der Waals surface area (Å²) < 4.78 is 2.55. The molecule has 160 valence electrons. The van der Waals surface area contributed by atoms with Gasteiger partial charge < -0.3 is 15.0 Å². The average Bonchev–Trinajstić information content (AvgIpc) is 3.49. The van der Waals surface area contributed by atoms with Crippen LogP contribution in [-0.4, -0.2) is 26.8 Å². The molecule has 1 aromatic carbocycles. The third-order valence-corrected chi connectivity index (χ3v) is 7.61. The fourth-order valence-corrected chi connectivity index (χ4v) is 5.71. The van der Waals surface area contributed by atoms with E-state index in [0.717, 1.165) is 50.1 Å². The third-order valence-electron chi connectivity index (χ3n) is 7.61. The van der Waals surface area contributed by atoms with E-state index in [4.69, 9.17) is 4.98 Å². The van der Waals surface area contributed by atoms with Crippen molar-refractivity contribution in [2.24, 2.45) is 5.92 Å². The molecular weight excluding hydrogens is 358 g/mol. The monoisotopic (exact) mass is 397 g/mol. The zero-order chi connectivity index (χ0) is 20.3. The summed E-state index contributed by atoms with van der Waals surface area (Å²) in [5.41, 5.74) is 3.65. The van der Waals surface area contributed by atoms with Crippen molar-refractivity contribution in [1.82, 2.24) is 14.9 Å². The summed E-state index contributed by atoms with van der Waals surface area (Å²) in [5.74, 6) is 2.11. The molecule has 2 N–H and O–H groups in total. The predicted molar refractivity (Wildman–Crippen MR) is 120 cm³/mol. The van der Waals surface area contributed by atoms with Crippen molar-refractivity contribution < 1.29 is 5.11 Å². The van der Waals surface area contributed by atoms with E-state index in [1.54, 1.807) is 0 Å². The number of aliphatic hydroxyl groups excluding tert-OH is 1. The molecule has 29 heavy (non-hydrogen) atoms. The van der Waals surface area contributed by atoms with Crippen molar-refractivity contribution in [2.45, 2.75) is 103 Å². The van der Waals surface area contributed by atoms with Gasteiger partial charge in [-0.2, -0.15) is 0 Å². The highest BCUT2D eigenvalue weighted by Crippen LogP contribution is 2.33. The van der Waals surface area contributed by atoms with Crippen LogP contribution in [-0.2, 0) is 13.0 Å². The number of aliphatic hydroxyl groups is 1. The second-order valence-electron chi connectivity index (χ2n) is 9.55. The zero-order valence-electron chi connectivity index (χ0n) is 18.4. The van der Waals surface area contributed by atoms with Gasteiger partial charge >= 0.3 is 0 Å². The molecule has 2 fully saturated rings. The molecule has 4 heteroatoms. The normalized spacial score (nSPS) is 19.7. The maximum atomic E-state index is 9.88. The molecule has 4 nitrogen and oxygen atoms in total. The van der Waals surface area contributed by atoms with Crippen molar-refractivity contribution in [3.8, 4) is 0 Å². The molecule has 4 rings (SSSR count). The third kappa shape index (κ3) is 4.39. The topological polar surface area (TPSA) is 50.1 Å². The first-order chi connectivity index (χ1) is 14.2. The first-order valence-electron chi connectivity index (χ1n) is 12.0. The van der Waals surface area contributed by atoms with Gasteiger partial charge in [-0.1, -0.05) is 58.4 Å². The Balaban J connectivity index is 1.60. The number of nitrogens with zero attached hydrogens (tertiary/aromatic N) is 2. The molecule has 1 aromatic heterocycles. The first kappa shape index (κ1) is 20.9. The molecule has 2 saturated carbocycles. The molecule has 2 aromatic rings. The first-order valence-corrected chi connectivity index (χ1v) is 12.0. The fourth-order valence-electron chi connectivity index (χ4n) is 5.71. The van der Waals surface area contributed by atoms with E-state index in [1.807, 2.05) is 0 Å². The largest absolute Gasteiger partial charge is 0.394 e. The lowest BCUT2D eigenvalue weighted by Gasteiger charge is -2.28. The minimum Gasteiger partial charge on any atom is -0.394 e. The highest BCUT2D eigenvalue weighted by atomic mass is 16.3. The Labute approximate surface area is 176 Å². The molecule has 0 amide bonds. The van der Waals surface area contributed by atoms with Gasteiger partial charge in [-0.05, 0) is 49.3 Å². The van der Waals surface area contributed by atoms with Crippen LogP contribution in [0.4, 0.5) is 0 Å². The Morgan fingerprint density at radius 2 is 1.86 bits per heavy atom. The summed E-state index contributed by atoms with van der Waals surface area (Å²) in [6.07, 6.45) is 13.6. The highest BCUT2D eigenvalue weighted by Gasteiger charge is 2.32. The van der Waals surface area contributed by atoms with Crippen LogP contribution in [0.3, 0.4) is 0 Å². The van der Waals surface area contributed by atoms with E-state index in [9.17, 15) is 5.11 Å². The lowest BCUT2D eigenvalue weighted by Crippen LogP contribution is -2.45. The van der Waals surface area contributed by atoms with Crippen LogP contribution in [0.15, 0.2) is 18.2 Å². The van der Waals surface area contributed by atoms with Gasteiger partial charge in [-0.25, -0.2) is 4.98 Å². The summed E-state index contributed by atoms with van der Waals surface area (Å²) in [4.78, 5) is 5.16. The standard InChI is InChI=1S/C25H39N3O/c1-3-21(4-2)28-23-12-11-20(17-26-25(18-29)13-7-8-14-25)15-22(23)27-24(28)16-19-9-5-6-10-19/h11-12,15,19,21,26,29H,3-10,13-14,16-18H2,1-2H3. The van der Waals surface area contributed by atoms with Crippen LogP contribution in [0.5, 0.6) is 0 Å². The molecule has 2 aliphatic carbocycles. The van der Waals surface area contributed by atoms with E-state index in [-0.39, 0.29) is 12.1 Å². The summed E-state index contributed by atoms with van der Waals surface area (Å²) >= 11 is 0. The lowest BCUT2D eigenvalue weighted by atomic mass is 9.98. The van der Waals surface area contributed by atoms with E-state index in [0.29, 0.717) is 6.04 Å². The number of fused-ring (bicyclic) bond motifs is 1. The molecule has 0 atom stereocenters. The van der Waals surface area contributed by atoms with Gasteiger partial charge in [0.15, 0.2) is 0 Å². The minimum atomic E-state index is -0.0720. The van der Waals surface area contributed by atoms with Gasteiger partial charge in [0.2, 0.25) is 0 Å². The average molecular weight is 398 g/mol. The Morgan fingerprint density at radius 1 is 1.14 bits per heavy atom. The summed E-state index contributed by atoms with van der Waals surface area (Å²) in [6.45, 7) is 5.65.